The predicted molar refractivity (Wildman–Crippen MR) is 137 cm³/mol. The minimum Gasteiger partial charge on any atom is -0.490 e. The molecule has 2 aromatic carbocycles. The molecular weight excluding hydrogens is 546 g/mol. The fraction of sp³-hybridized carbons (Fsp3) is 0.346. The number of carbonyl (C=O) groups excluding carboxylic acids is 5. The van der Waals surface area contributed by atoms with Crippen molar-refractivity contribution in [2.75, 3.05) is 26.4 Å². The largest absolute Gasteiger partial charge is 0.490 e. The molecule has 2 aromatic rings. The van der Waals surface area contributed by atoms with E-state index in [1.54, 1.807) is 26.0 Å². The van der Waals surface area contributed by atoms with Crippen LogP contribution in [0.15, 0.2) is 41.3 Å². The SMILES string of the molecule is CCOS(=O)(=O)c1ccc(C)cc1OCCNC(=O)COc1cccc2c1C(=O)N(C1CCC(=O)NC1=O)C2=O. The Bertz CT molecular complexity index is 1490. The Morgan fingerprint density at radius 2 is 1.85 bits per heavy atom. The van der Waals surface area contributed by atoms with E-state index in [2.05, 4.69) is 10.6 Å². The zero-order valence-electron chi connectivity index (χ0n) is 21.7. The van der Waals surface area contributed by atoms with Gasteiger partial charge in [0.05, 0.1) is 24.3 Å². The second kappa shape index (κ2) is 11.8. The number of benzene rings is 2. The first kappa shape index (κ1) is 28.7. The molecule has 14 heteroatoms. The number of rotatable bonds is 11. The standard InChI is InChI=1S/C26H27N3O10S/c1-3-39-40(35,36)20-9-7-15(2)13-19(20)37-12-11-27-22(31)14-38-18-6-4-5-16-23(18)26(34)29(25(16)33)17-8-10-21(30)28-24(17)32/h4-7,9,13,17H,3,8,10-12,14H2,1-2H3,(H,27,31)(H,28,30,32). The number of imide groups is 2. The number of ether oxygens (including phenoxy) is 2. The van der Waals surface area contributed by atoms with Gasteiger partial charge in [-0.15, -0.1) is 0 Å². The molecule has 2 aliphatic heterocycles. The van der Waals surface area contributed by atoms with E-state index >= 15 is 0 Å². The molecule has 0 aliphatic carbocycles. The first-order valence-electron chi connectivity index (χ1n) is 12.4. The Morgan fingerprint density at radius 3 is 2.58 bits per heavy atom. The molecule has 0 radical (unpaired) electrons. The lowest BCUT2D eigenvalue weighted by atomic mass is 10.0. The average Bonchev–Trinajstić information content (AvgIpc) is 3.15. The van der Waals surface area contributed by atoms with E-state index in [0.717, 1.165) is 10.5 Å². The van der Waals surface area contributed by atoms with Gasteiger partial charge in [0.2, 0.25) is 11.8 Å². The predicted octanol–water partition coefficient (Wildman–Crippen LogP) is 0.695. The van der Waals surface area contributed by atoms with Crippen LogP contribution in [-0.4, -0.2) is 75.3 Å². The number of piperidine rings is 1. The summed E-state index contributed by atoms with van der Waals surface area (Å²) in [7, 11) is -4.01. The van der Waals surface area contributed by atoms with E-state index < -0.39 is 52.3 Å². The number of nitrogens with one attached hydrogen (secondary N) is 2. The van der Waals surface area contributed by atoms with Crippen molar-refractivity contribution < 1.29 is 46.0 Å². The summed E-state index contributed by atoms with van der Waals surface area (Å²) in [6.07, 6.45) is 0.00296. The maximum atomic E-state index is 13.1. The molecule has 4 rings (SSSR count). The molecule has 1 saturated heterocycles. The summed E-state index contributed by atoms with van der Waals surface area (Å²) in [5.41, 5.74) is 0.718. The summed E-state index contributed by atoms with van der Waals surface area (Å²) in [6, 6.07) is 7.73. The van der Waals surface area contributed by atoms with Crippen LogP contribution >= 0.6 is 0 Å². The van der Waals surface area contributed by atoms with E-state index in [9.17, 15) is 32.4 Å². The number of aryl methyl sites for hydroxylation is 1. The zero-order chi connectivity index (χ0) is 29.0. The van der Waals surface area contributed by atoms with Crippen LogP contribution in [0.1, 0.15) is 46.0 Å². The lowest BCUT2D eigenvalue weighted by Gasteiger charge is -2.27. The number of amides is 5. The van der Waals surface area contributed by atoms with Gasteiger partial charge in [-0.2, -0.15) is 8.42 Å². The minimum atomic E-state index is -4.01. The van der Waals surface area contributed by atoms with E-state index in [1.165, 1.54) is 24.3 Å². The summed E-state index contributed by atoms with van der Waals surface area (Å²) in [5.74, 6) is -3.15. The second-order valence-corrected chi connectivity index (χ2v) is 10.5. The summed E-state index contributed by atoms with van der Waals surface area (Å²) >= 11 is 0. The molecule has 5 amide bonds. The molecule has 1 atom stereocenters. The van der Waals surface area contributed by atoms with Gasteiger partial charge in [0.25, 0.3) is 17.7 Å². The highest BCUT2D eigenvalue weighted by atomic mass is 32.2. The van der Waals surface area contributed by atoms with Gasteiger partial charge in [-0.05, 0) is 50.1 Å². The van der Waals surface area contributed by atoms with E-state index in [-0.39, 0.29) is 60.1 Å². The van der Waals surface area contributed by atoms with E-state index in [4.69, 9.17) is 13.7 Å². The van der Waals surface area contributed by atoms with Gasteiger partial charge < -0.3 is 14.8 Å². The molecule has 40 heavy (non-hydrogen) atoms. The summed E-state index contributed by atoms with van der Waals surface area (Å²) < 4.78 is 40.6. The van der Waals surface area contributed by atoms with Gasteiger partial charge in [-0.1, -0.05) is 12.1 Å². The molecule has 0 spiro atoms. The number of hydrogen-bond donors (Lipinski definition) is 2. The van der Waals surface area contributed by atoms with Gasteiger partial charge in [-0.25, -0.2) is 0 Å². The zero-order valence-corrected chi connectivity index (χ0v) is 22.5. The monoisotopic (exact) mass is 573 g/mol. The molecule has 212 valence electrons. The number of fused-ring (bicyclic) bond motifs is 1. The number of carbonyl (C=O) groups is 5. The molecule has 0 bridgehead atoms. The third-order valence-electron chi connectivity index (χ3n) is 6.11. The van der Waals surface area contributed by atoms with Crippen LogP contribution in [0.5, 0.6) is 11.5 Å². The fourth-order valence-corrected chi connectivity index (χ4v) is 5.34. The average molecular weight is 574 g/mol. The lowest BCUT2D eigenvalue weighted by Crippen LogP contribution is -2.54. The Labute approximate surface area is 229 Å². The third-order valence-corrected chi connectivity index (χ3v) is 7.53. The summed E-state index contributed by atoms with van der Waals surface area (Å²) in [6.45, 7) is 2.74. The fourth-order valence-electron chi connectivity index (χ4n) is 4.30. The van der Waals surface area contributed by atoms with Gasteiger partial charge in [0.1, 0.15) is 29.0 Å². The Hall–Kier alpha value is -4.30. The first-order valence-corrected chi connectivity index (χ1v) is 13.8. The second-order valence-electron chi connectivity index (χ2n) is 8.92. The molecule has 2 aliphatic rings. The van der Waals surface area contributed by atoms with Crippen molar-refractivity contribution in [1.29, 1.82) is 0 Å². The van der Waals surface area contributed by atoms with Crippen LogP contribution in [0, 0.1) is 6.92 Å². The maximum absolute atomic E-state index is 13.1. The van der Waals surface area contributed by atoms with Crippen molar-refractivity contribution in [3.05, 3.63) is 53.1 Å². The van der Waals surface area contributed by atoms with Gasteiger partial charge >= 0.3 is 10.1 Å². The topological polar surface area (TPSA) is 174 Å². The van der Waals surface area contributed by atoms with Crippen LogP contribution in [-0.2, 0) is 28.7 Å². The van der Waals surface area contributed by atoms with Crippen LogP contribution < -0.4 is 20.1 Å². The third kappa shape index (κ3) is 5.97. The van der Waals surface area contributed by atoms with Crippen molar-refractivity contribution in [1.82, 2.24) is 15.5 Å². The molecule has 2 heterocycles. The van der Waals surface area contributed by atoms with Crippen molar-refractivity contribution in [3.8, 4) is 11.5 Å². The van der Waals surface area contributed by atoms with Crippen molar-refractivity contribution in [2.24, 2.45) is 0 Å². The number of nitrogens with zero attached hydrogens (tertiary/aromatic N) is 1. The van der Waals surface area contributed by atoms with Crippen LogP contribution in [0.3, 0.4) is 0 Å². The summed E-state index contributed by atoms with van der Waals surface area (Å²) in [4.78, 5) is 62.8. The molecular formula is C26H27N3O10S. The molecule has 0 aromatic heterocycles. The Morgan fingerprint density at radius 1 is 1.07 bits per heavy atom. The van der Waals surface area contributed by atoms with Crippen LogP contribution in [0.4, 0.5) is 0 Å². The van der Waals surface area contributed by atoms with Crippen LogP contribution in [0.25, 0.3) is 0 Å². The normalized spacial score (nSPS) is 16.9. The molecule has 0 saturated carbocycles. The van der Waals surface area contributed by atoms with Crippen LogP contribution in [0.2, 0.25) is 0 Å². The van der Waals surface area contributed by atoms with Gasteiger partial charge in [-0.3, -0.25) is 38.4 Å². The molecule has 1 unspecified atom stereocenters. The van der Waals surface area contributed by atoms with Gasteiger partial charge in [0, 0.05) is 6.42 Å². The highest BCUT2D eigenvalue weighted by Gasteiger charge is 2.46. The number of hydrogen-bond acceptors (Lipinski definition) is 10. The smallest absolute Gasteiger partial charge is 0.300 e. The lowest BCUT2D eigenvalue weighted by molar-refractivity contribution is -0.136. The van der Waals surface area contributed by atoms with Crippen molar-refractivity contribution in [2.45, 2.75) is 37.6 Å². The van der Waals surface area contributed by atoms with Crippen molar-refractivity contribution in [3.63, 3.8) is 0 Å². The quantitative estimate of drug-likeness (QED) is 0.221. The van der Waals surface area contributed by atoms with E-state index in [1.807, 2.05) is 0 Å². The molecule has 1 fully saturated rings. The highest BCUT2D eigenvalue weighted by molar-refractivity contribution is 7.86. The molecule has 2 N–H and O–H groups in total. The Balaban J connectivity index is 1.34. The maximum Gasteiger partial charge on any atom is 0.300 e. The van der Waals surface area contributed by atoms with Gasteiger partial charge in [0.15, 0.2) is 6.61 Å². The highest BCUT2D eigenvalue weighted by Crippen LogP contribution is 2.33. The van der Waals surface area contributed by atoms with Crippen molar-refractivity contribution >= 4 is 39.7 Å². The Kier molecular flexibility index (Phi) is 8.49. The first-order chi connectivity index (χ1) is 19.0. The summed E-state index contributed by atoms with van der Waals surface area (Å²) in [5, 5.41) is 4.69. The molecule has 13 nitrogen and oxygen atoms in total. The minimum absolute atomic E-state index is 0.00935. The van der Waals surface area contributed by atoms with E-state index in [0.29, 0.717) is 0 Å².